The average molecular weight is 447 g/mol. The van der Waals surface area contributed by atoms with E-state index < -0.39 is 11.7 Å². The van der Waals surface area contributed by atoms with Gasteiger partial charge in [-0.05, 0) is 54.4 Å². The first kappa shape index (κ1) is 19.7. The highest BCUT2D eigenvalue weighted by Crippen LogP contribution is 2.26. The molecule has 0 spiro atoms. The molecule has 146 valence electrons. The van der Waals surface area contributed by atoms with Crippen LogP contribution in [0, 0.1) is 0 Å². The lowest BCUT2D eigenvalue weighted by Gasteiger charge is -2.19. The Balaban J connectivity index is 1.75. The molecule has 1 aromatic carbocycles. The zero-order valence-electron chi connectivity index (χ0n) is 15.6. The van der Waals surface area contributed by atoms with Crippen LogP contribution in [0.4, 0.5) is 10.6 Å². The molecule has 0 atom stereocenters. The highest BCUT2D eigenvalue weighted by Gasteiger charge is 2.17. The Labute approximate surface area is 169 Å². The molecule has 0 unspecified atom stereocenters. The van der Waals surface area contributed by atoms with Crippen LogP contribution >= 0.6 is 15.9 Å². The Bertz CT molecular complexity index is 999. The van der Waals surface area contributed by atoms with Crippen LogP contribution in [0.15, 0.2) is 39.5 Å². The Morgan fingerprint density at radius 3 is 2.79 bits per heavy atom. The van der Waals surface area contributed by atoms with Gasteiger partial charge in [0, 0.05) is 12.1 Å². The largest absolute Gasteiger partial charge is 0.444 e. The van der Waals surface area contributed by atoms with Crippen molar-refractivity contribution in [2.24, 2.45) is 0 Å². The molecule has 9 nitrogen and oxygen atoms in total. The molecule has 0 saturated carbocycles. The zero-order chi connectivity index (χ0) is 20.3. The molecule has 0 aliphatic carbocycles. The van der Waals surface area contributed by atoms with Crippen LogP contribution < -0.4 is 11.1 Å². The van der Waals surface area contributed by atoms with Gasteiger partial charge in [0.15, 0.2) is 11.5 Å². The van der Waals surface area contributed by atoms with Crippen LogP contribution in [0.25, 0.3) is 23.0 Å². The van der Waals surface area contributed by atoms with E-state index in [1.54, 1.807) is 0 Å². The molecule has 0 fully saturated rings. The second kappa shape index (κ2) is 7.93. The smallest absolute Gasteiger partial charge is 0.407 e. The summed E-state index contributed by atoms with van der Waals surface area (Å²) in [5.74, 6) is 0.655. The lowest BCUT2D eigenvalue weighted by atomic mass is 10.1. The van der Waals surface area contributed by atoms with Crippen LogP contribution in [0.1, 0.15) is 26.3 Å². The molecule has 2 heterocycles. The number of hydrogen-bond donors (Lipinski definition) is 2. The fourth-order valence-electron chi connectivity index (χ4n) is 2.27. The quantitative estimate of drug-likeness (QED) is 0.621. The molecule has 2 aromatic heterocycles. The first-order valence-electron chi connectivity index (χ1n) is 8.39. The van der Waals surface area contributed by atoms with Crippen molar-refractivity contribution in [1.29, 1.82) is 0 Å². The minimum atomic E-state index is -0.552. The highest BCUT2D eigenvalue weighted by molar-refractivity contribution is 9.10. The number of nitrogens with zero attached hydrogens (tertiary/aromatic N) is 4. The third kappa shape index (κ3) is 5.03. The van der Waals surface area contributed by atoms with Gasteiger partial charge in [-0.15, -0.1) is 10.2 Å². The van der Waals surface area contributed by atoms with E-state index in [4.69, 9.17) is 14.9 Å². The van der Waals surface area contributed by atoms with E-state index in [9.17, 15) is 4.79 Å². The number of benzene rings is 1. The number of carbonyl (C=O) groups is 1. The first-order valence-corrected chi connectivity index (χ1v) is 9.18. The van der Waals surface area contributed by atoms with Crippen LogP contribution in [0.2, 0.25) is 0 Å². The van der Waals surface area contributed by atoms with Crippen LogP contribution in [-0.4, -0.2) is 31.9 Å². The van der Waals surface area contributed by atoms with E-state index in [-0.39, 0.29) is 11.7 Å². The van der Waals surface area contributed by atoms with Gasteiger partial charge in [-0.3, -0.25) is 0 Å². The molecule has 0 aliphatic rings. The van der Waals surface area contributed by atoms with Crippen LogP contribution in [0.5, 0.6) is 0 Å². The van der Waals surface area contributed by atoms with E-state index >= 15 is 0 Å². The van der Waals surface area contributed by atoms with Crippen molar-refractivity contribution in [1.82, 2.24) is 25.5 Å². The van der Waals surface area contributed by atoms with E-state index in [2.05, 4.69) is 41.4 Å². The summed E-state index contributed by atoms with van der Waals surface area (Å²) in [6.45, 7) is 5.72. The van der Waals surface area contributed by atoms with Gasteiger partial charge in [-0.25, -0.2) is 14.8 Å². The molecule has 1 amide bonds. The van der Waals surface area contributed by atoms with E-state index in [0.29, 0.717) is 28.3 Å². The van der Waals surface area contributed by atoms with Gasteiger partial charge in [0.1, 0.15) is 10.2 Å². The number of nitrogens with two attached hydrogens (primary N) is 1. The summed E-state index contributed by atoms with van der Waals surface area (Å²) in [5.41, 5.74) is 7.13. The third-order valence-corrected chi connectivity index (χ3v) is 3.79. The molecule has 10 heteroatoms. The van der Waals surface area contributed by atoms with Gasteiger partial charge >= 0.3 is 6.09 Å². The normalized spacial score (nSPS) is 11.3. The van der Waals surface area contributed by atoms with Crippen molar-refractivity contribution < 1.29 is 13.9 Å². The second-order valence-electron chi connectivity index (χ2n) is 6.89. The molecule has 3 aromatic rings. The molecule has 3 N–H and O–H groups in total. The standard InChI is InChI=1S/C18H19BrN6O3/c1-18(2,3)28-17(26)22-8-10-5-4-6-11(7-10)15-24-25-16(27-15)13-14(20)21-9-12(19)23-13/h4-7,9H,8H2,1-3H3,(H2,20,21)(H,22,26). The number of nitrogen functional groups attached to an aromatic ring is 1. The number of anilines is 1. The van der Waals surface area contributed by atoms with Crippen molar-refractivity contribution >= 4 is 27.8 Å². The molecule has 28 heavy (non-hydrogen) atoms. The lowest BCUT2D eigenvalue weighted by molar-refractivity contribution is 0.0523. The number of carbonyl (C=O) groups excluding carboxylic acids is 1. The zero-order valence-corrected chi connectivity index (χ0v) is 17.1. The number of amides is 1. The number of ether oxygens (including phenoxy) is 1. The fraction of sp³-hybridized carbons (Fsp3) is 0.278. The summed E-state index contributed by atoms with van der Waals surface area (Å²) < 4.78 is 11.4. The topological polar surface area (TPSA) is 129 Å². The van der Waals surface area contributed by atoms with Gasteiger partial charge in [-0.2, -0.15) is 0 Å². The predicted octanol–water partition coefficient (Wildman–Crippen LogP) is 3.56. The molecule has 0 saturated heterocycles. The Morgan fingerprint density at radius 1 is 1.29 bits per heavy atom. The number of halogens is 1. The maximum absolute atomic E-state index is 11.8. The van der Waals surface area contributed by atoms with Crippen LogP contribution in [0.3, 0.4) is 0 Å². The highest BCUT2D eigenvalue weighted by atomic mass is 79.9. The van der Waals surface area contributed by atoms with Gasteiger partial charge in [-0.1, -0.05) is 12.1 Å². The van der Waals surface area contributed by atoms with Crippen molar-refractivity contribution in [2.45, 2.75) is 32.9 Å². The lowest BCUT2D eigenvalue weighted by Crippen LogP contribution is -2.32. The van der Waals surface area contributed by atoms with Gasteiger partial charge in [0.2, 0.25) is 5.89 Å². The Kier molecular flexibility index (Phi) is 5.59. The number of nitrogens with one attached hydrogen (secondary N) is 1. The second-order valence-corrected chi connectivity index (χ2v) is 7.71. The van der Waals surface area contributed by atoms with Crippen molar-refractivity contribution in [3.8, 4) is 23.0 Å². The summed E-state index contributed by atoms with van der Waals surface area (Å²) in [5, 5.41) is 10.8. The number of rotatable bonds is 4. The average Bonchev–Trinajstić information content (AvgIpc) is 3.11. The molecule has 0 aliphatic heterocycles. The molecular weight excluding hydrogens is 428 g/mol. The van der Waals surface area contributed by atoms with E-state index in [1.165, 1.54) is 6.20 Å². The van der Waals surface area contributed by atoms with E-state index in [1.807, 2.05) is 45.0 Å². The fourth-order valence-corrected chi connectivity index (χ4v) is 2.55. The summed E-state index contributed by atoms with van der Waals surface area (Å²) >= 11 is 3.24. The molecule has 0 radical (unpaired) electrons. The molecular formula is C18H19BrN6O3. The van der Waals surface area contributed by atoms with Crippen molar-refractivity contribution in [2.75, 3.05) is 5.73 Å². The minimum absolute atomic E-state index is 0.165. The summed E-state index contributed by atoms with van der Waals surface area (Å²) in [6.07, 6.45) is 0.999. The maximum atomic E-state index is 11.8. The van der Waals surface area contributed by atoms with E-state index in [0.717, 1.165) is 5.56 Å². The first-order chi connectivity index (χ1) is 13.2. The third-order valence-electron chi connectivity index (χ3n) is 3.41. The summed E-state index contributed by atoms with van der Waals surface area (Å²) in [7, 11) is 0. The van der Waals surface area contributed by atoms with Crippen LogP contribution in [-0.2, 0) is 11.3 Å². The predicted molar refractivity (Wildman–Crippen MR) is 106 cm³/mol. The summed E-state index contributed by atoms with van der Waals surface area (Å²) in [4.78, 5) is 20.0. The Hall–Kier alpha value is -3.01. The molecule has 3 rings (SSSR count). The van der Waals surface area contributed by atoms with Gasteiger partial charge in [0.05, 0.1) is 6.20 Å². The minimum Gasteiger partial charge on any atom is -0.444 e. The molecule has 0 bridgehead atoms. The Morgan fingerprint density at radius 2 is 2.04 bits per heavy atom. The maximum Gasteiger partial charge on any atom is 0.407 e. The SMILES string of the molecule is CC(C)(C)OC(=O)NCc1cccc(-c2nnc(-c3nc(Br)cnc3N)o2)c1. The van der Waals surface area contributed by atoms with Gasteiger partial charge in [0.25, 0.3) is 5.89 Å². The van der Waals surface area contributed by atoms with Crippen molar-refractivity contribution in [3.05, 3.63) is 40.6 Å². The number of alkyl carbamates (subject to hydrolysis) is 1. The van der Waals surface area contributed by atoms with Crippen molar-refractivity contribution in [3.63, 3.8) is 0 Å². The monoisotopic (exact) mass is 446 g/mol. The summed E-state index contributed by atoms with van der Waals surface area (Å²) in [6, 6.07) is 7.36. The number of hydrogen-bond acceptors (Lipinski definition) is 8. The number of aromatic nitrogens is 4. The van der Waals surface area contributed by atoms with Gasteiger partial charge < -0.3 is 20.2 Å².